The number of hydrogen-bond donors (Lipinski definition) is 0. The largest absolute Gasteiger partial charge is 0.454 e. The number of nitriles is 2. The molecule has 5 heteroatoms. The number of anilines is 3. The van der Waals surface area contributed by atoms with E-state index >= 15 is 0 Å². The van der Waals surface area contributed by atoms with Crippen LogP contribution in [0.1, 0.15) is 58.3 Å². The van der Waals surface area contributed by atoms with Gasteiger partial charge >= 0.3 is 0 Å². The van der Waals surface area contributed by atoms with Crippen LogP contribution in [0.25, 0.3) is 33.1 Å². The van der Waals surface area contributed by atoms with Gasteiger partial charge in [0.15, 0.2) is 11.3 Å². The molecule has 2 atom stereocenters. The molecule has 2 bridgehead atoms. The first-order valence-electron chi connectivity index (χ1n) is 15.6. The molecule has 2 heterocycles. The van der Waals surface area contributed by atoms with Gasteiger partial charge in [0.05, 0.1) is 16.9 Å². The van der Waals surface area contributed by atoms with Crippen molar-refractivity contribution in [2.75, 3.05) is 4.90 Å². The topological polar surface area (TPSA) is 76.8 Å². The molecule has 46 heavy (non-hydrogen) atoms. The quantitative estimate of drug-likeness (QED) is 0.204. The Balaban J connectivity index is 1.33. The van der Waals surface area contributed by atoms with Gasteiger partial charge < -0.3 is 9.32 Å². The fourth-order valence-corrected chi connectivity index (χ4v) is 7.74. The molecule has 2 aromatic heterocycles. The first-order valence-corrected chi connectivity index (χ1v) is 15.6. The Kier molecular flexibility index (Phi) is 5.82. The first-order chi connectivity index (χ1) is 22.7. The lowest BCUT2D eigenvalue weighted by Gasteiger charge is -2.41. The zero-order valence-electron chi connectivity index (χ0n) is 24.8. The smallest absolute Gasteiger partial charge is 0.166 e. The Morgan fingerprint density at radius 3 is 2.11 bits per heavy atom. The molecule has 0 radical (unpaired) electrons. The van der Waals surface area contributed by atoms with Crippen molar-refractivity contribution in [3.05, 3.63) is 155 Å². The molecule has 2 unspecified atom stereocenters. The van der Waals surface area contributed by atoms with E-state index < -0.39 is 0 Å². The fourth-order valence-electron chi connectivity index (χ4n) is 7.74. The Bertz CT molecular complexity index is 2410. The summed E-state index contributed by atoms with van der Waals surface area (Å²) in [5, 5.41) is 23.7. The van der Waals surface area contributed by atoms with E-state index in [4.69, 9.17) is 9.40 Å². The molecule has 7 aromatic rings. The molecule has 0 spiro atoms. The van der Waals surface area contributed by atoms with Gasteiger partial charge in [0.2, 0.25) is 0 Å². The highest BCUT2D eigenvalue weighted by molar-refractivity contribution is 6.10. The molecule has 0 saturated heterocycles. The van der Waals surface area contributed by atoms with E-state index in [-0.39, 0.29) is 17.5 Å². The standard InChI is InChI=1S/C41H26N4O/c42-23-34-38-31-21-22-32(29-12-5-4-11-28(29)31)39(38)44-35(24-43)40(34)45(27-19-17-26(18-20-27)25-9-2-1-3-10-25)36-15-8-14-33-30-13-6-7-16-37(30)46-41(33)36/h1-20,31-32H,21-22H2. The Morgan fingerprint density at radius 2 is 1.33 bits per heavy atom. The highest BCUT2D eigenvalue weighted by Gasteiger charge is 2.42. The van der Waals surface area contributed by atoms with Gasteiger partial charge in [-0.05, 0) is 59.4 Å². The lowest BCUT2D eigenvalue weighted by molar-refractivity contribution is 0.506. The van der Waals surface area contributed by atoms with Crippen molar-refractivity contribution in [1.29, 1.82) is 10.5 Å². The summed E-state index contributed by atoms with van der Waals surface area (Å²) >= 11 is 0. The Hall–Kier alpha value is -6.17. The highest BCUT2D eigenvalue weighted by Crippen LogP contribution is 2.55. The van der Waals surface area contributed by atoms with Gasteiger partial charge in [0, 0.05) is 33.9 Å². The minimum absolute atomic E-state index is 0.0501. The number of aromatic nitrogens is 1. The zero-order valence-corrected chi connectivity index (χ0v) is 24.8. The van der Waals surface area contributed by atoms with Crippen LogP contribution in [0.3, 0.4) is 0 Å². The predicted molar refractivity (Wildman–Crippen MR) is 180 cm³/mol. The maximum atomic E-state index is 11.0. The summed E-state index contributed by atoms with van der Waals surface area (Å²) in [6.45, 7) is 0. The van der Waals surface area contributed by atoms with E-state index in [1.54, 1.807) is 0 Å². The van der Waals surface area contributed by atoms with E-state index in [1.165, 1.54) is 11.1 Å². The molecule has 3 aliphatic carbocycles. The van der Waals surface area contributed by atoms with Gasteiger partial charge in [0.25, 0.3) is 0 Å². The first kappa shape index (κ1) is 26.3. The second kappa shape index (κ2) is 10.2. The van der Waals surface area contributed by atoms with Gasteiger partial charge in [-0.25, -0.2) is 4.98 Å². The van der Waals surface area contributed by atoms with Gasteiger partial charge in [-0.2, -0.15) is 10.5 Å². The summed E-state index contributed by atoms with van der Waals surface area (Å²) in [5.41, 5.74) is 10.8. The number of pyridine rings is 1. The van der Waals surface area contributed by atoms with Crippen LogP contribution >= 0.6 is 0 Å². The molecule has 0 N–H and O–H groups in total. The van der Waals surface area contributed by atoms with E-state index in [1.807, 2.05) is 65.6 Å². The number of furan rings is 1. The summed E-state index contributed by atoms with van der Waals surface area (Å²) in [4.78, 5) is 7.11. The average Bonchev–Trinajstić information content (AvgIpc) is 3.52. The molecule has 5 nitrogen and oxygen atoms in total. The molecule has 0 amide bonds. The maximum Gasteiger partial charge on any atom is 0.166 e. The van der Waals surface area contributed by atoms with Crippen molar-refractivity contribution in [2.24, 2.45) is 0 Å². The Morgan fingerprint density at radius 1 is 0.652 bits per heavy atom. The number of hydrogen-bond acceptors (Lipinski definition) is 5. The second-order valence-corrected chi connectivity index (χ2v) is 12.0. The van der Waals surface area contributed by atoms with Crippen molar-refractivity contribution in [2.45, 2.75) is 24.7 Å². The normalized spacial score (nSPS) is 16.0. The predicted octanol–water partition coefficient (Wildman–Crippen LogP) is 10.2. The van der Waals surface area contributed by atoms with Crippen molar-refractivity contribution in [3.63, 3.8) is 0 Å². The van der Waals surface area contributed by atoms with Crippen LogP contribution in [-0.2, 0) is 0 Å². The molecule has 0 fully saturated rings. The fraction of sp³-hybridized carbons (Fsp3) is 0.0976. The molecule has 10 rings (SSSR count). The van der Waals surface area contributed by atoms with Crippen molar-refractivity contribution >= 4 is 39.0 Å². The zero-order chi connectivity index (χ0) is 30.8. The van der Waals surface area contributed by atoms with E-state index in [9.17, 15) is 10.5 Å². The molecule has 3 aliphatic rings. The van der Waals surface area contributed by atoms with E-state index in [0.717, 1.165) is 63.0 Å². The number of nitrogens with zero attached hydrogens (tertiary/aromatic N) is 4. The van der Waals surface area contributed by atoms with Crippen molar-refractivity contribution in [3.8, 4) is 23.3 Å². The van der Waals surface area contributed by atoms with Crippen LogP contribution < -0.4 is 4.90 Å². The minimum atomic E-state index is 0.0501. The number of rotatable bonds is 4. The maximum absolute atomic E-state index is 11.0. The minimum Gasteiger partial charge on any atom is -0.454 e. The molecular weight excluding hydrogens is 564 g/mol. The molecule has 0 saturated carbocycles. The summed E-state index contributed by atoms with van der Waals surface area (Å²) < 4.78 is 6.53. The second-order valence-electron chi connectivity index (χ2n) is 12.0. The molecule has 0 aliphatic heterocycles. The van der Waals surface area contributed by atoms with Crippen molar-refractivity contribution < 1.29 is 4.42 Å². The van der Waals surface area contributed by atoms with Crippen LogP contribution in [0, 0.1) is 22.7 Å². The third kappa shape index (κ3) is 3.76. The van der Waals surface area contributed by atoms with Crippen LogP contribution in [0.4, 0.5) is 17.1 Å². The van der Waals surface area contributed by atoms with Crippen LogP contribution in [-0.4, -0.2) is 4.98 Å². The summed E-state index contributed by atoms with van der Waals surface area (Å²) in [6, 6.07) is 46.0. The highest BCUT2D eigenvalue weighted by atomic mass is 16.3. The van der Waals surface area contributed by atoms with Crippen LogP contribution in [0.2, 0.25) is 0 Å². The summed E-state index contributed by atoms with van der Waals surface area (Å²) in [6.07, 6.45) is 1.90. The number of para-hydroxylation sites is 2. The van der Waals surface area contributed by atoms with Crippen molar-refractivity contribution in [1.82, 2.24) is 4.98 Å². The SMILES string of the molecule is N#Cc1nc2c(c(C#N)c1N(c1ccc(-c3ccccc3)cc1)c1cccc3c1oc1ccccc13)C1CCC2c2ccccc21. The number of fused-ring (bicyclic) bond motifs is 4. The van der Waals surface area contributed by atoms with Gasteiger partial charge in [-0.3, -0.25) is 0 Å². The monoisotopic (exact) mass is 590 g/mol. The third-order valence-corrected chi connectivity index (χ3v) is 9.71. The molecule has 5 aromatic carbocycles. The van der Waals surface area contributed by atoms with Crippen LogP contribution in [0.5, 0.6) is 0 Å². The van der Waals surface area contributed by atoms with E-state index in [2.05, 4.69) is 72.8 Å². The van der Waals surface area contributed by atoms with Crippen LogP contribution in [0.15, 0.2) is 126 Å². The molecule has 216 valence electrons. The van der Waals surface area contributed by atoms with E-state index in [0.29, 0.717) is 16.8 Å². The molecular formula is C41H26N4O. The summed E-state index contributed by atoms with van der Waals surface area (Å²) in [5.74, 6) is 0.121. The van der Waals surface area contributed by atoms with Gasteiger partial charge in [-0.1, -0.05) is 97.1 Å². The lowest BCUT2D eigenvalue weighted by atomic mass is 9.64. The van der Waals surface area contributed by atoms with Gasteiger partial charge in [0.1, 0.15) is 23.4 Å². The summed E-state index contributed by atoms with van der Waals surface area (Å²) in [7, 11) is 0. The average molecular weight is 591 g/mol. The van der Waals surface area contributed by atoms with Gasteiger partial charge in [-0.15, -0.1) is 0 Å². The number of benzene rings is 5. The lowest BCUT2D eigenvalue weighted by Crippen LogP contribution is -2.29. The third-order valence-electron chi connectivity index (χ3n) is 9.71. The Labute approximate surface area is 266 Å².